The van der Waals surface area contributed by atoms with E-state index in [4.69, 9.17) is 5.73 Å². The van der Waals surface area contributed by atoms with Gasteiger partial charge in [0.05, 0.1) is 0 Å². The number of anilines is 2. The summed E-state index contributed by atoms with van der Waals surface area (Å²) < 4.78 is 0. The van der Waals surface area contributed by atoms with E-state index in [1.807, 2.05) is 0 Å². The first kappa shape index (κ1) is 10.2. The van der Waals surface area contributed by atoms with Crippen molar-refractivity contribution in [2.75, 3.05) is 17.2 Å². The molecule has 0 aromatic carbocycles. The van der Waals surface area contributed by atoms with Crippen LogP contribution in [-0.2, 0) is 0 Å². The number of hydrogen-bond donors (Lipinski definition) is 1. The highest BCUT2D eigenvalue weighted by Crippen LogP contribution is 2.23. The molecule has 4 heteroatoms. The van der Waals surface area contributed by atoms with Crippen LogP contribution in [-0.4, -0.2) is 22.6 Å². The first-order chi connectivity index (χ1) is 7.31. The predicted octanol–water partition coefficient (Wildman–Crippen LogP) is 1.83. The molecule has 0 bridgehead atoms. The van der Waals surface area contributed by atoms with Crippen LogP contribution < -0.4 is 10.6 Å². The third-order valence-electron chi connectivity index (χ3n) is 3.02. The van der Waals surface area contributed by atoms with Gasteiger partial charge in [-0.2, -0.15) is 4.98 Å². The molecule has 4 nitrogen and oxygen atoms in total. The highest BCUT2D eigenvalue weighted by molar-refractivity contribution is 5.39. The number of nitrogens with two attached hydrogens (primary N) is 1. The normalized spacial score (nSPS) is 21.7. The van der Waals surface area contributed by atoms with Gasteiger partial charge in [0.1, 0.15) is 5.82 Å². The summed E-state index contributed by atoms with van der Waals surface area (Å²) in [5.41, 5.74) is 5.67. The van der Waals surface area contributed by atoms with Crippen molar-refractivity contribution in [1.29, 1.82) is 0 Å². The summed E-state index contributed by atoms with van der Waals surface area (Å²) in [6, 6.07) is 2.31. The minimum Gasteiger partial charge on any atom is -0.384 e. The van der Waals surface area contributed by atoms with Gasteiger partial charge in [-0.1, -0.05) is 6.92 Å². The second-order valence-corrected chi connectivity index (χ2v) is 4.03. The summed E-state index contributed by atoms with van der Waals surface area (Å²) in [6.45, 7) is 3.28. The Hall–Kier alpha value is -1.32. The summed E-state index contributed by atoms with van der Waals surface area (Å²) in [6.07, 6.45) is 6.68. The molecule has 0 aliphatic carbocycles. The fourth-order valence-corrected chi connectivity index (χ4v) is 2.19. The molecule has 15 heavy (non-hydrogen) atoms. The lowest BCUT2D eigenvalue weighted by Crippen LogP contribution is -2.40. The van der Waals surface area contributed by atoms with E-state index in [1.54, 1.807) is 12.3 Å². The average molecular weight is 206 g/mol. The van der Waals surface area contributed by atoms with E-state index in [1.165, 1.54) is 19.3 Å². The van der Waals surface area contributed by atoms with E-state index in [-0.39, 0.29) is 0 Å². The molecular weight excluding hydrogens is 188 g/mol. The van der Waals surface area contributed by atoms with E-state index in [0.29, 0.717) is 11.9 Å². The number of rotatable bonds is 2. The minimum absolute atomic E-state index is 0.556. The zero-order valence-corrected chi connectivity index (χ0v) is 9.19. The van der Waals surface area contributed by atoms with E-state index in [0.717, 1.165) is 18.9 Å². The van der Waals surface area contributed by atoms with Gasteiger partial charge in [0.25, 0.3) is 0 Å². The molecule has 0 spiro atoms. The molecule has 2 rings (SSSR count). The molecule has 1 saturated heterocycles. The molecule has 2 N–H and O–H groups in total. The molecule has 1 aromatic rings. The van der Waals surface area contributed by atoms with Gasteiger partial charge in [0.2, 0.25) is 5.95 Å². The number of hydrogen-bond acceptors (Lipinski definition) is 4. The van der Waals surface area contributed by atoms with Crippen LogP contribution >= 0.6 is 0 Å². The standard InChI is InChI=1S/C11H18N4/c1-2-9-5-3-4-8-15(9)11-13-7-6-10(12)14-11/h6-7,9H,2-5,8H2,1H3,(H2,12,13,14). The Morgan fingerprint density at radius 3 is 3.13 bits per heavy atom. The number of aromatic nitrogens is 2. The third kappa shape index (κ3) is 2.19. The van der Waals surface area contributed by atoms with Gasteiger partial charge in [-0.15, -0.1) is 0 Å². The monoisotopic (exact) mass is 206 g/mol. The lowest BCUT2D eigenvalue weighted by atomic mass is 10.0. The fourth-order valence-electron chi connectivity index (χ4n) is 2.19. The number of nitrogens with zero attached hydrogens (tertiary/aromatic N) is 3. The van der Waals surface area contributed by atoms with Crippen molar-refractivity contribution in [3.05, 3.63) is 12.3 Å². The molecule has 0 radical (unpaired) electrons. The van der Waals surface area contributed by atoms with Crippen molar-refractivity contribution >= 4 is 11.8 Å². The maximum Gasteiger partial charge on any atom is 0.227 e. The fraction of sp³-hybridized carbons (Fsp3) is 0.636. The van der Waals surface area contributed by atoms with Crippen molar-refractivity contribution in [3.63, 3.8) is 0 Å². The van der Waals surface area contributed by atoms with E-state index < -0.39 is 0 Å². The highest BCUT2D eigenvalue weighted by atomic mass is 15.3. The molecule has 0 amide bonds. The smallest absolute Gasteiger partial charge is 0.227 e. The lowest BCUT2D eigenvalue weighted by Gasteiger charge is -2.35. The van der Waals surface area contributed by atoms with Gasteiger partial charge in [-0.25, -0.2) is 4.98 Å². The maximum absolute atomic E-state index is 5.67. The minimum atomic E-state index is 0.556. The number of piperidine rings is 1. The van der Waals surface area contributed by atoms with Crippen LogP contribution in [0.1, 0.15) is 32.6 Å². The van der Waals surface area contributed by atoms with Gasteiger partial charge >= 0.3 is 0 Å². The zero-order valence-electron chi connectivity index (χ0n) is 9.19. The Labute approximate surface area is 90.5 Å². The third-order valence-corrected chi connectivity index (χ3v) is 3.02. The summed E-state index contributed by atoms with van der Waals surface area (Å²) in [4.78, 5) is 10.9. The van der Waals surface area contributed by atoms with Gasteiger partial charge in [-0.05, 0) is 31.7 Å². The van der Waals surface area contributed by atoms with Crippen molar-refractivity contribution in [3.8, 4) is 0 Å². The van der Waals surface area contributed by atoms with Crippen LogP contribution in [0.2, 0.25) is 0 Å². The summed E-state index contributed by atoms with van der Waals surface area (Å²) in [5, 5.41) is 0. The number of nitrogen functional groups attached to an aromatic ring is 1. The maximum atomic E-state index is 5.67. The van der Waals surface area contributed by atoms with Crippen LogP contribution in [0.5, 0.6) is 0 Å². The van der Waals surface area contributed by atoms with E-state index in [9.17, 15) is 0 Å². The summed E-state index contributed by atoms with van der Waals surface area (Å²) >= 11 is 0. The Morgan fingerprint density at radius 2 is 2.40 bits per heavy atom. The van der Waals surface area contributed by atoms with Gasteiger partial charge in [0.15, 0.2) is 0 Å². The van der Waals surface area contributed by atoms with Crippen LogP contribution in [0.3, 0.4) is 0 Å². The van der Waals surface area contributed by atoms with E-state index >= 15 is 0 Å². The predicted molar refractivity (Wildman–Crippen MR) is 61.7 cm³/mol. The SMILES string of the molecule is CCC1CCCCN1c1nccc(N)n1. The van der Waals surface area contributed by atoms with Crippen LogP contribution in [0.15, 0.2) is 12.3 Å². The Morgan fingerprint density at radius 1 is 1.53 bits per heavy atom. The first-order valence-corrected chi connectivity index (χ1v) is 5.66. The van der Waals surface area contributed by atoms with Gasteiger partial charge in [0, 0.05) is 18.8 Å². The van der Waals surface area contributed by atoms with E-state index in [2.05, 4.69) is 21.8 Å². The molecule has 2 heterocycles. The zero-order chi connectivity index (χ0) is 10.7. The van der Waals surface area contributed by atoms with Crippen molar-refractivity contribution in [2.45, 2.75) is 38.6 Å². The molecule has 1 unspecified atom stereocenters. The van der Waals surface area contributed by atoms with Crippen molar-refractivity contribution < 1.29 is 0 Å². The van der Waals surface area contributed by atoms with Crippen molar-refractivity contribution in [1.82, 2.24) is 9.97 Å². The molecule has 1 aliphatic heterocycles. The van der Waals surface area contributed by atoms with Crippen molar-refractivity contribution in [2.24, 2.45) is 0 Å². The lowest BCUT2D eigenvalue weighted by molar-refractivity contribution is 0.443. The van der Waals surface area contributed by atoms with Crippen LogP contribution in [0.4, 0.5) is 11.8 Å². The van der Waals surface area contributed by atoms with Gasteiger partial charge in [-0.3, -0.25) is 0 Å². The molecule has 0 saturated carbocycles. The Bertz CT molecular complexity index is 326. The quantitative estimate of drug-likeness (QED) is 0.802. The second-order valence-electron chi connectivity index (χ2n) is 4.03. The molecular formula is C11H18N4. The second kappa shape index (κ2) is 4.47. The average Bonchev–Trinajstić information content (AvgIpc) is 2.29. The molecule has 1 atom stereocenters. The first-order valence-electron chi connectivity index (χ1n) is 5.66. The molecule has 1 aromatic heterocycles. The summed E-state index contributed by atoms with van der Waals surface area (Å²) in [7, 11) is 0. The van der Waals surface area contributed by atoms with Gasteiger partial charge < -0.3 is 10.6 Å². The highest BCUT2D eigenvalue weighted by Gasteiger charge is 2.22. The molecule has 1 aliphatic rings. The largest absolute Gasteiger partial charge is 0.384 e. The van der Waals surface area contributed by atoms with Crippen LogP contribution in [0.25, 0.3) is 0 Å². The molecule has 82 valence electrons. The topological polar surface area (TPSA) is 55.0 Å². The molecule has 1 fully saturated rings. The Kier molecular flexibility index (Phi) is 3.04. The van der Waals surface area contributed by atoms with Crippen LogP contribution in [0, 0.1) is 0 Å². The Balaban J connectivity index is 2.20. The summed E-state index contributed by atoms with van der Waals surface area (Å²) in [5.74, 6) is 1.35.